The molecule has 8 heteroatoms. The lowest BCUT2D eigenvalue weighted by Gasteiger charge is -2.22. The molecule has 1 atom stereocenters. The Bertz CT molecular complexity index is 778. The molecule has 0 aromatic carbocycles. The number of aromatic nitrogens is 5. The molecule has 3 aromatic rings. The summed E-state index contributed by atoms with van der Waals surface area (Å²) in [4.78, 5) is 9.92. The molecule has 1 aliphatic rings. The van der Waals surface area contributed by atoms with E-state index in [1.54, 1.807) is 16.0 Å². The molecule has 0 saturated carbocycles. The SMILES string of the molecule is Nc1nc(-c2cccs2)nc2c1nnn2CC1CCCCO1. The van der Waals surface area contributed by atoms with Gasteiger partial charge in [-0.15, -0.1) is 16.4 Å². The quantitative estimate of drug-likeness (QED) is 0.795. The van der Waals surface area contributed by atoms with E-state index < -0.39 is 0 Å². The summed E-state index contributed by atoms with van der Waals surface area (Å²) in [7, 11) is 0. The highest BCUT2D eigenvalue weighted by molar-refractivity contribution is 7.13. The van der Waals surface area contributed by atoms with E-state index in [-0.39, 0.29) is 6.10 Å². The first-order valence-electron chi connectivity index (χ1n) is 7.33. The number of ether oxygens (including phenoxy) is 1. The van der Waals surface area contributed by atoms with Crippen LogP contribution in [0.15, 0.2) is 17.5 Å². The van der Waals surface area contributed by atoms with Gasteiger partial charge in [-0.05, 0) is 30.7 Å². The molecule has 4 rings (SSSR count). The zero-order chi connectivity index (χ0) is 14.9. The summed E-state index contributed by atoms with van der Waals surface area (Å²) < 4.78 is 7.55. The van der Waals surface area contributed by atoms with Crippen LogP contribution < -0.4 is 5.73 Å². The van der Waals surface area contributed by atoms with Gasteiger partial charge in [-0.1, -0.05) is 11.3 Å². The number of fused-ring (bicyclic) bond motifs is 1. The van der Waals surface area contributed by atoms with E-state index in [2.05, 4.69) is 20.3 Å². The standard InChI is InChI=1S/C14H16N6OS/c15-12-11-14(17-13(16-12)10-5-3-7-22-10)20(19-18-11)8-9-4-1-2-6-21-9/h3,5,7,9H,1-2,4,6,8H2,(H2,15,16,17). The van der Waals surface area contributed by atoms with Crippen molar-refractivity contribution in [2.24, 2.45) is 0 Å². The molecule has 1 fully saturated rings. The van der Waals surface area contributed by atoms with Gasteiger partial charge in [-0.25, -0.2) is 14.6 Å². The predicted molar refractivity (Wildman–Crippen MR) is 84.4 cm³/mol. The molecular formula is C14H16N6OS. The molecule has 0 spiro atoms. The minimum absolute atomic E-state index is 0.167. The van der Waals surface area contributed by atoms with Crippen LogP contribution in [0, 0.1) is 0 Å². The Morgan fingerprint density at radius 3 is 3.09 bits per heavy atom. The first-order valence-corrected chi connectivity index (χ1v) is 8.21. The maximum atomic E-state index is 6.02. The van der Waals surface area contributed by atoms with Crippen LogP contribution in [-0.2, 0) is 11.3 Å². The van der Waals surface area contributed by atoms with Crippen LogP contribution in [0.1, 0.15) is 19.3 Å². The van der Waals surface area contributed by atoms with Crippen molar-refractivity contribution in [1.82, 2.24) is 25.0 Å². The maximum absolute atomic E-state index is 6.02. The van der Waals surface area contributed by atoms with Gasteiger partial charge < -0.3 is 10.5 Å². The van der Waals surface area contributed by atoms with E-state index in [0.717, 1.165) is 24.3 Å². The fourth-order valence-electron chi connectivity index (χ4n) is 2.66. The minimum atomic E-state index is 0.167. The predicted octanol–water partition coefficient (Wildman–Crippen LogP) is 2.10. The molecule has 1 aliphatic heterocycles. The van der Waals surface area contributed by atoms with E-state index in [1.807, 2.05) is 17.5 Å². The molecule has 1 saturated heterocycles. The van der Waals surface area contributed by atoms with Crippen molar-refractivity contribution < 1.29 is 4.74 Å². The van der Waals surface area contributed by atoms with Crippen molar-refractivity contribution in [2.75, 3.05) is 12.3 Å². The molecule has 0 radical (unpaired) electrons. The van der Waals surface area contributed by atoms with Crippen molar-refractivity contribution in [1.29, 1.82) is 0 Å². The Kier molecular flexibility index (Phi) is 3.47. The maximum Gasteiger partial charge on any atom is 0.184 e. The molecule has 0 amide bonds. The van der Waals surface area contributed by atoms with E-state index in [9.17, 15) is 0 Å². The Morgan fingerprint density at radius 1 is 1.36 bits per heavy atom. The molecule has 2 N–H and O–H groups in total. The first-order chi connectivity index (χ1) is 10.8. The minimum Gasteiger partial charge on any atom is -0.382 e. The van der Waals surface area contributed by atoms with Gasteiger partial charge in [0, 0.05) is 6.61 Å². The second-order valence-electron chi connectivity index (χ2n) is 5.34. The van der Waals surface area contributed by atoms with Gasteiger partial charge in [-0.2, -0.15) is 0 Å². The Balaban J connectivity index is 1.72. The Morgan fingerprint density at radius 2 is 2.32 bits per heavy atom. The van der Waals surface area contributed by atoms with Crippen molar-refractivity contribution >= 4 is 28.3 Å². The number of anilines is 1. The van der Waals surface area contributed by atoms with Crippen LogP contribution in [0.5, 0.6) is 0 Å². The Labute approximate surface area is 131 Å². The van der Waals surface area contributed by atoms with E-state index >= 15 is 0 Å². The van der Waals surface area contributed by atoms with Gasteiger partial charge in [0.1, 0.15) is 0 Å². The van der Waals surface area contributed by atoms with Crippen molar-refractivity contribution in [2.45, 2.75) is 31.9 Å². The average molecular weight is 316 g/mol. The molecule has 22 heavy (non-hydrogen) atoms. The first kappa shape index (κ1) is 13.6. The topological polar surface area (TPSA) is 91.7 Å². The summed E-state index contributed by atoms with van der Waals surface area (Å²) in [6.07, 6.45) is 3.53. The van der Waals surface area contributed by atoms with E-state index in [0.29, 0.717) is 29.4 Å². The summed E-state index contributed by atoms with van der Waals surface area (Å²) in [6, 6.07) is 3.94. The van der Waals surface area contributed by atoms with Crippen LogP contribution in [0.4, 0.5) is 5.82 Å². The average Bonchev–Trinajstić information content (AvgIpc) is 3.19. The Hall–Kier alpha value is -2.06. The number of rotatable bonds is 3. The fourth-order valence-corrected chi connectivity index (χ4v) is 3.32. The number of hydrogen-bond donors (Lipinski definition) is 1. The van der Waals surface area contributed by atoms with Crippen LogP contribution in [0.25, 0.3) is 21.9 Å². The lowest BCUT2D eigenvalue weighted by Crippen LogP contribution is -2.25. The zero-order valence-electron chi connectivity index (χ0n) is 12.0. The van der Waals surface area contributed by atoms with Crippen molar-refractivity contribution in [3.8, 4) is 10.7 Å². The molecule has 7 nitrogen and oxygen atoms in total. The van der Waals surface area contributed by atoms with Gasteiger partial charge in [0.2, 0.25) is 0 Å². The van der Waals surface area contributed by atoms with Crippen LogP contribution >= 0.6 is 11.3 Å². The third-order valence-corrected chi connectivity index (χ3v) is 4.65. The van der Waals surface area contributed by atoms with Crippen LogP contribution in [0.3, 0.4) is 0 Å². The summed E-state index contributed by atoms with van der Waals surface area (Å²) in [5, 5.41) is 10.3. The van der Waals surface area contributed by atoms with Gasteiger partial charge in [0.25, 0.3) is 0 Å². The molecular weight excluding hydrogens is 300 g/mol. The smallest absolute Gasteiger partial charge is 0.184 e. The molecule has 0 aliphatic carbocycles. The third-order valence-electron chi connectivity index (χ3n) is 3.78. The largest absolute Gasteiger partial charge is 0.382 e. The van der Waals surface area contributed by atoms with Gasteiger partial charge in [-0.3, -0.25) is 0 Å². The zero-order valence-corrected chi connectivity index (χ0v) is 12.8. The molecule has 4 heterocycles. The van der Waals surface area contributed by atoms with Crippen LogP contribution in [0.2, 0.25) is 0 Å². The number of hydrogen-bond acceptors (Lipinski definition) is 7. The third kappa shape index (κ3) is 2.44. The highest BCUT2D eigenvalue weighted by Gasteiger charge is 2.19. The highest BCUT2D eigenvalue weighted by Crippen LogP contribution is 2.25. The molecule has 114 valence electrons. The molecule has 1 unspecified atom stereocenters. The number of nitrogens with zero attached hydrogens (tertiary/aromatic N) is 5. The fraction of sp³-hybridized carbons (Fsp3) is 0.429. The van der Waals surface area contributed by atoms with Crippen molar-refractivity contribution in [3.63, 3.8) is 0 Å². The monoisotopic (exact) mass is 316 g/mol. The normalized spacial score (nSPS) is 18.8. The highest BCUT2D eigenvalue weighted by atomic mass is 32.1. The lowest BCUT2D eigenvalue weighted by molar-refractivity contribution is 0.00434. The second-order valence-corrected chi connectivity index (χ2v) is 6.29. The molecule has 3 aromatic heterocycles. The summed E-state index contributed by atoms with van der Waals surface area (Å²) in [5.41, 5.74) is 7.24. The van der Waals surface area contributed by atoms with E-state index in [1.165, 1.54) is 6.42 Å². The number of nitrogens with two attached hydrogens (primary N) is 1. The second kappa shape index (κ2) is 5.62. The van der Waals surface area contributed by atoms with Crippen LogP contribution in [-0.4, -0.2) is 37.7 Å². The van der Waals surface area contributed by atoms with Gasteiger partial charge >= 0.3 is 0 Å². The summed E-state index contributed by atoms with van der Waals surface area (Å²) in [5.74, 6) is 0.984. The van der Waals surface area contributed by atoms with E-state index in [4.69, 9.17) is 10.5 Å². The van der Waals surface area contributed by atoms with Gasteiger partial charge in [0.15, 0.2) is 22.8 Å². The number of nitrogen functional groups attached to an aromatic ring is 1. The van der Waals surface area contributed by atoms with Gasteiger partial charge in [0.05, 0.1) is 17.5 Å². The molecule has 0 bridgehead atoms. The number of thiophene rings is 1. The summed E-state index contributed by atoms with van der Waals surface area (Å²) in [6.45, 7) is 1.46. The summed E-state index contributed by atoms with van der Waals surface area (Å²) >= 11 is 1.58. The lowest BCUT2D eigenvalue weighted by atomic mass is 10.1. The van der Waals surface area contributed by atoms with Crippen molar-refractivity contribution in [3.05, 3.63) is 17.5 Å².